The van der Waals surface area contributed by atoms with Crippen molar-refractivity contribution in [1.82, 2.24) is 19.7 Å². The fourth-order valence-electron chi connectivity index (χ4n) is 7.21. The zero-order chi connectivity index (χ0) is 34.0. The number of carbonyl (C=O) groups is 2. The predicted octanol–water partition coefficient (Wildman–Crippen LogP) is 6.42. The number of methoxy groups -OCH3 is 1. The number of likely N-dealkylation sites (tertiary alicyclic amines) is 1. The Morgan fingerprint density at radius 1 is 1.00 bits per heavy atom. The molecule has 0 bridgehead atoms. The number of nitrogens with zero attached hydrogens (tertiary/aromatic N) is 5. The molecule has 3 aromatic rings. The van der Waals surface area contributed by atoms with E-state index in [2.05, 4.69) is 22.2 Å². The van der Waals surface area contributed by atoms with Gasteiger partial charge in [0.2, 0.25) is 5.91 Å². The van der Waals surface area contributed by atoms with Crippen LogP contribution in [0.15, 0.2) is 48.9 Å². The lowest BCUT2D eigenvalue weighted by molar-refractivity contribution is -0.212. The first-order valence-electron chi connectivity index (χ1n) is 16.7. The van der Waals surface area contributed by atoms with Crippen LogP contribution in [0.25, 0.3) is 11.1 Å². The van der Waals surface area contributed by atoms with Gasteiger partial charge in [-0.1, -0.05) is 12.1 Å². The number of carbonyl (C=O) groups excluding carboxylic acids is 2. The molecule has 2 aliphatic carbocycles. The minimum Gasteiger partial charge on any atom is -0.496 e. The highest BCUT2D eigenvalue weighted by Gasteiger charge is 2.37. The molecule has 0 atom stereocenters. The molecule has 1 aliphatic heterocycles. The molecule has 2 aromatic heterocycles. The molecule has 10 nitrogen and oxygen atoms in total. The maximum atomic E-state index is 14.2. The number of halogens is 3. The number of aliphatic hydroxyl groups is 1. The number of β-amino-alcohol motifs (C(OH)–C–C–N with tert-alkyl or cyclic N) is 1. The van der Waals surface area contributed by atoms with Gasteiger partial charge in [0.15, 0.2) is 0 Å². The van der Waals surface area contributed by atoms with Gasteiger partial charge >= 0.3 is 12.4 Å². The number of aryl methyl sites for hydroxylation is 1. The summed E-state index contributed by atoms with van der Waals surface area (Å²) in [6.45, 7) is 3.04. The van der Waals surface area contributed by atoms with E-state index in [1.54, 1.807) is 24.1 Å². The van der Waals surface area contributed by atoms with E-state index < -0.39 is 18.5 Å². The first-order chi connectivity index (χ1) is 23.0. The molecule has 13 heteroatoms. The topological polar surface area (TPSA) is 110 Å². The van der Waals surface area contributed by atoms with Crippen molar-refractivity contribution in [1.29, 1.82) is 0 Å². The number of alkyl halides is 3. The molecular formula is C35H42F3N5O5. The average molecular weight is 670 g/mol. The minimum atomic E-state index is -4.64. The lowest BCUT2D eigenvalue weighted by Crippen LogP contribution is -2.54. The van der Waals surface area contributed by atoms with Crippen LogP contribution in [0.5, 0.6) is 5.75 Å². The number of anilines is 1. The molecule has 0 radical (unpaired) electrons. The second-order valence-electron chi connectivity index (χ2n) is 13.4. The van der Waals surface area contributed by atoms with Gasteiger partial charge in [-0.15, -0.1) is 13.2 Å². The summed E-state index contributed by atoms with van der Waals surface area (Å²) in [5, 5.41) is 13.0. The van der Waals surface area contributed by atoms with Crippen LogP contribution in [0, 0.1) is 18.8 Å². The van der Waals surface area contributed by atoms with Crippen LogP contribution >= 0.6 is 0 Å². The second kappa shape index (κ2) is 14.2. The Bertz CT molecular complexity index is 1590. The van der Waals surface area contributed by atoms with Crippen LogP contribution in [0.1, 0.15) is 68.4 Å². The molecule has 48 heavy (non-hydrogen) atoms. The third-order valence-electron chi connectivity index (χ3n) is 10.1. The van der Waals surface area contributed by atoms with Gasteiger partial charge in [-0.3, -0.25) is 9.69 Å². The molecule has 2 saturated carbocycles. The zero-order valence-electron chi connectivity index (χ0n) is 27.2. The van der Waals surface area contributed by atoms with Crippen molar-refractivity contribution in [3.8, 4) is 16.9 Å². The van der Waals surface area contributed by atoms with Crippen molar-refractivity contribution in [2.24, 2.45) is 11.8 Å². The number of pyridine rings is 1. The molecule has 0 unspecified atom stereocenters. The Hall–Kier alpha value is -4.13. The molecule has 2 amide bonds. The Morgan fingerprint density at radius 3 is 2.35 bits per heavy atom. The normalized spacial score (nSPS) is 23.3. The second-order valence-corrected chi connectivity index (χ2v) is 13.4. The lowest BCUT2D eigenvalue weighted by Gasteiger charge is -2.38. The summed E-state index contributed by atoms with van der Waals surface area (Å²) < 4.78 is 50.8. The quantitative estimate of drug-likeness (QED) is 0.295. The van der Waals surface area contributed by atoms with Crippen LogP contribution < -0.4 is 9.64 Å². The Morgan fingerprint density at radius 2 is 1.73 bits per heavy atom. The van der Waals surface area contributed by atoms with E-state index >= 15 is 0 Å². The number of hydrogen-bond donors (Lipinski definition) is 1. The summed E-state index contributed by atoms with van der Waals surface area (Å²) in [5.74, 6) is 1.53. The Kier molecular flexibility index (Phi) is 9.95. The molecule has 258 valence electrons. The van der Waals surface area contributed by atoms with E-state index in [1.165, 1.54) is 16.7 Å². The fourth-order valence-corrected chi connectivity index (χ4v) is 7.21. The Labute approximate surface area is 277 Å². The van der Waals surface area contributed by atoms with Gasteiger partial charge in [-0.05, 0) is 105 Å². The summed E-state index contributed by atoms with van der Waals surface area (Å²) in [7, 11) is 1.67. The van der Waals surface area contributed by atoms with E-state index in [9.17, 15) is 27.9 Å². The standard InChI is InChI=1S/C35H42F3N5O5/c1-22-15-26(9-12-31(22)47-2)24-5-3-23(4-6-24)18-42(32-16-27(13-14-39-32)28-17-40-43(19-28)35(36,37)38)33(45)25-7-10-30(11-8-25)48-34(46)41-20-29(44)21-41/h9,12-17,19,23-25,29-30,44H,3-8,10-11,18,20-21H2,1-2H3/t23-,24-,25-,30-. The third-order valence-corrected chi connectivity index (χ3v) is 10.1. The van der Waals surface area contributed by atoms with Crippen molar-refractivity contribution >= 4 is 17.8 Å². The molecule has 3 heterocycles. The highest BCUT2D eigenvalue weighted by molar-refractivity contribution is 5.94. The van der Waals surface area contributed by atoms with Crippen LogP contribution in [0.3, 0.4) is 0 Å². The number of hydrogen-bond acceptors (Lipinski definition) is 7. The number of rotatable bonds is 8. The van der Waals surface area contributed by atoms with Crippen LogP contribution in [-0.4, -0.2) is 75.7 Å². The van der Waals surface area contributed by atoms with Gasteiger partial charge in [-0.2, -0.15) is 9.78 Å². The summed E-state index contributed by atoms with van der Waals surface area (Å²) in [4.78, 5) is 34.3. The molecule has 1 saturated heterocycles. The number of aromatic nitrogens is 3. The zero-order valence-corrected chi connectivity index (χ0v) is 27.2. The average Bonchev–Trinajstić information content (AvgIpc) is 3.58. The van der Waals surface area contributed by atoms with Crippen molar-refractivity contribution in [3.05, 3.63) is 60.0 Å². The molecule has 3 fully saturated rings. The number of aliphatic hydroxyl groups excluding tert-OH is 1. The maximum absolute atomic E-state index is 14.2. The smallest absolute Gasteiger partial charge is 0.496 e. The third kappa shape index (κ3) is 7.61. The largest absolute Gasteiger partial charge is 0.504 e. The summed E-state index contributed by atoms with van der Waals surface area (Å²) in [6.07, 6.45) is 3.69. The van der Waals surface area contributed by atoms with Gasteiger partial charge in [0.05, 0.1) is 32.5 Å². The highest BCUT2D eigenvalue weighted by Crippen LogP contribution is 2.39. The number of amides is 2. The van der Waals surface area contributed by atoms with Crippen molar-refractivity contribution in [3.63, 3.8) is 0 Å². The van der Waals surface area contributed by atoms with Gasteiger partial charge in [0.25, 0.3) is 0 Å². The molecule has 0 spiro atoms. The van der Waals surface area contributed by atoms with Crippen molar-refractivity contribution in [2.75, 3.05) is 31.6 Å². The summed E-state index contributed by atoms with van der Waals surface area (Å²) in [6, 6.07) is 9.61. The molecule has 1 aromatic carbocycles. The Balaban J connectivity index is 1.16. The monoisotopic (exact) mass is 669 g/mol. The minimum absolute atomic E-state index is 0.0382. The van der Waals surface area contributed by atoms with Gasteiger partial charge in [0, 0.05) is 30.4 Å². The van der Waals surface area contributed by atoms with E-state index in [0.717, 1.165) is 49.4 Å². The van der Waals surface area contributed by atoms with E-state index in [0.29, 0.717) is 49.5 Å². The van der Waals surface area contributed by atoms with Crippen molar-refractivity contribution in [2.45, 2.75) is 82.7 Å². The molecule has 1 N–H and O–H groups in total. The van der Waals surface area contributed by atoms with E-state index in [-0.39, 0.29) is 47.2 Å². The first kappa shape index (κ1) is 33.8. The van der Waals surface area contributed by atoms with Gasteiger partial charge in [0.1, 0.15) is 17.7 Å². The first-order valence-corrected chi connectivity index (χ1v) is 16.7. The maximum Gasteiger partial charge on any atom is 0.504 e. The van der Waals surface area contributed by atoms with E-state index in [1.807, 2.05) is 13.0 Å². The van der Waals surface area contributed by atoms with Crippen LogP contribution in [-0.2, 0) is 15.8 Å². The van der Waals surface area contributed by atoms with Crippen molar-refractivity contribution < 1.29 is 37.3 Å². The van der Waals surface area contributed by atoms with Gasteiger partial charge < -0.3 is 19.5 Å². The summed E-state index contributed by atoms with van der Waals surface area (Å²) >= 11 is 0. The fraction of sp³-hybridized carbons (Fsp3) is 0.543. The van der Waals surface area contributed by atoms with E-state index in [4.69, 9.17) is 9.47 Å². The molecular weight excluding hydrogens is 627 g/mol. The molecule has 6 rings (SSSR count). The van der Waals surface area contributed by atoms with Crippen LogP contribution in [0.4, 0.5) is 23.8 Å². The summed E-state index contributed by atoms with van der Waals surface area (Å²) in [5.41, 5.74) is 3.15. The number of benzene rings is 1. The SMILES string of the molecule is COc1ccc([C@H]2CC[C@H](CN(c3cc(-c4cnn(C(F)(F)F)c4)ccn3)C(=O)[C@H]3CC[C@H](OC(=O)N4CC(O)C4)CC3)CC2)cc1C. The van der Waals surface area contributed by atoms with Gasteiger partial charge in [-0.25, -0.2) is 9.78 Å². The highest BCUT2D eigenvalue weighted by atomic mass is 19.4. The lowest BCUT2D eigenvalue weighted by atomic mass is 9.78. The molecule has 3 aliphatic rings. The van der Waals surface area contributed by atoms with Crippen LogP contribution in [0.2, 0.25) is 0 Å². The predicted molar refractivity (Wildman–Crippen MR) is 171 cm³/mol. The number of ether oxygens (including phenoxy) is 2.